The molecule has 0 atom stereocenters. The van der Waals surface area contributed by atoms with Crippen LogP contribution in [0.1, 0.15) is 34.7 Å². The van der Waals surface area contributed by atoms with Gasteiger partial charge in [-0.25, -0.2) is 0 Å². The van der Waals surface area contributed by atoms with Crippen molar-refractivity contribution in [2.45, 2.75) is 18.8 Å². The van der Waals surface area contributed by atoms with Crippen molar-refractivity contribution in [1.82, 2.24) is 15.2 Å². The molecule has 2 fully saturated rings. The lowest BCUT2D eigenvalue weighted by Gasteiger charge is -2.33. The van der Waals surface area contributed by atoms with Crippen LogP contribution in [-0.4, -0.2) is 47.9 Å². The Morgan fingerprint density at radius 3 is 2.41 bits per heavy atom. The number of carbonyl (C=O) groups excluding carboxylic acids is 2. The van der Waals surface area contributed by atoms with E-state index in [0.29, 0.717) is 5.92 Å². The SMILES string of the molecule is O=C(c1ccsc1)N1CCC(c2ccc(N(C(=O)C3CNC3)c3cccnc3)cc2)CC1. The Morgan fingerprint density at radius 2 is 1.81 bits per heavy atom. The Hall–Kier alpha value is -3.03. The molecule has 0 unspecified atom stereocenters. The average molecular weight is 447 g/mol. The number of thiophene rings is 1. The van der Waals surface area contributed by atoms with E-state index in [9.17, 15) is 9.59 Å². The molecule has 1 aromatic carbocycles. The number of benzene rings is 1. The van der Waals surface area contributed by atoms with E-state index >= 15 is 0 Å². The van der Waals surface area contributed by atoms with Crippen LogP contribution in [0.2, 0.25) is 0 Å². The third kappa shape index (κ3) is 4.18. The van der Waals surface area contributed by atoms with E-state index in [1.807, 2.05) is 46.0 Å². The number of rotatable bonds is 5. The molecule has 32 heavy (non-hydrogen) atoms. The molecule has 7 heteroatoms. The number of nitrogens with zero attached hydrogens (tertiary/aromatic N) is 3. The summed E-state index contributed by atoms with van der Waals surface area (Å²) in [5.74, 6) is 0.662. The molecule has 0 spiro atoms. The van der Waals surface area contributed by atoms with Crippen molar-refractivity contribution in [3.63, 3.8) is 0 Å². The molecule has 0 aliphatic carbocycles. The highest BCUT2D eigenvalue weighted by Crippen LogP contribution is 2.33. The van der Waals surface area contributed by atoms with Crippen molar-refractivity contribution < 1.29 is 9.59 Å². The van der Waals surface area contributed by atoms with E-state index in [4.69, 9.17) is 0 Å². The highest BCUT2D eigenvalue weighted by atomic mass is 32.1. The van der Waals surface area contributed by atoms with Crippen molar-refractivity contribution >= 4 is 34.5 Å². The summed E-state index contributed by atoms with van der Waals surface area (Å²) >= 11 is 1.56. The first kappa shape index (κ1) is 20.8. The quantitative estimate of drug-likeness (QED) is 0.642. The summed E-state index contributed by atoms with van der Waals surface area (Å²) < 4.78 is 0. The maximum atomic E-state index is 13.1. The van der Waals surface area contributed by atoms with Crippen LogP contribution in [0, 0.1) is 5.92 Å². The molecule has 2 amide bonds. The van der Waals surface area contributed by atoms with Gasteiger partial charge in [0, 0.05) is 43.4 Å². The third-order valence-electron chi connectivity index (χ3n) is 6.43. The fourth-order valence-electron chi connectivity index (χ4n) is 4.42. The highest BCUT2D eigenvalue weighted by molar-refractivity contribution is 7.08. The number of aromatic nitrogens is 1. The molecule has 1 N–H and O–H groups in total. The number of nitrogens with one attached hydrogen (secondary N) is 1. The topological polar surface area (TPSA) is 65.5 Å². The molecule has 2 aliphatic rings. The second-order valence-corrected chi connectivity index (χ2v) is 9.19. The predicted molar refractivity (Wildman–Crippen MR) is 126 cm³/mol. The van der Waals surface area contributed by atoms with E-state index in [-0.39, 0.29) is 17.7 Å². The Kier molecular flexibility index (Phi) is 6.01. The van der Waals surface area contributed by atoms with Gasteiger partial charge in [-0.3, -0.25) is 19.5 Å². The molecule has 2 saturated heterocycles. The fourth-order valence-corrected chi connectivity index (χ4v) is 5.05. The van der Waals surface area contributed by atoms with Crippen molar-refractivity contribution in [2.75, 3.05) is 31.1 Å². The van der Waals surface area contributed by atoms with Crippen LogP contribution >= 0.6 is 11.3 Å². The molecular weight excluding hydrogens is 420 g/mol. The lowest BCUT2D eigenvalue weighted by atomic mass is 9.89. The van der Waals surface area contributed by atoms with Gasteiger partial charge < -0.3 is 10.2 Å². The van der Waals surface area contributed by atoms with E-state index in [1.165, 1.54) is 5.56 Å². The largest absolute Gasteiger partial charge is 0.339 e. The van der Waals surface area contributed by atoms with Gasteiger partial charge in [0.05, 0.1) is 23.4 Å². The van der Waals surface area contributed by atoms with E-state index in [1.54, 1.807) is 28.6 Å². The van der Waals surface area contributed by atoms with Crippen molar-refractivity contribution in [1.29, 1.82) is 0 Å². The molecule has 2 aromatic heterocycles. The molecular formula is C25H26N4O2S. The second-order valence-electron chi connectivity index (χ2n) is 8.41. The summed E-state index contributed by atoms with van der Waals surface area (Å²) in [5, 5.41) is 7.05. The van der Waals surface area contributed by atoms with Crippen molar-refractivity contribution in [2.24, 2.45) is 5.92 Å². The Balaban J connectivity index is 1.29. The molecule has 5 rings (SSSR count). The molecule has 6 nitrogen and oxygen atoms in total. The first-order valence-corrected chi connectivity index (χ1v) is 12.0. The zero-order valence-corrected chi connectivity index (χ0v) is 18.6. The first-order valence-electron chi connectivity index (χ1n) is 11.1. The monoisotopic (exact) mass is 446 g/mol. The predicted octanol–water partition coefficient (Wildman–Crippen LogP) is 4.05. The zero-order chi connectivity index (χ0) is 21.9. The summed E-state index contributed by atoms with van der Waals surface area (Å²) in [6.45, 7) is 2.98. The zero-order valence-electron chi connectivity index (χ0n) is 17.8. The number of anilines is 2. The van der Waals surface area contributed by atoms with Gasteiger partial charge in [0.1, 0.15) is 0 Å². The summed E-state index contributed by atoms with van der Waals surface area (Å²) in [7, 11) is 0. The minimum Gasteiger partial charge on any atom is -0.339 e. The van der Waals surface area contributed by atoms with Crippen LogP contribution in [0.5, 0.6) is 0 Å². The summed E-state index contributed by atoms with van der Waals surface area (Å²) in [6.07, 6.45) is 5.36. The molecule has 4 heterocycles. The second kappa shape index (κ2) is 9.22. The summed E-state index contributed by atoms with van der Waals surface area (Å²) in [4.78, 5) is 33.7. The Morgan fingerprint density at radius 1 is 1.03 bits per heavy atom. The third-order valence-corrected chi connectivity index (χ3v) is 7.11. The molecule has 0 bridgehead atoms. The lowest BCUT2D eigenvalue weighted by molar-refractivity contribution is -0.123. The molecule has 0 saturated carbocycles. The summed E-state index contributed by atoms with van der Waals surface area (Å²) in [6, 6.07) is 14.0. The van der Waals surface area contributed by atoms with Gasteiger partial charge in [-0.05, 0) is 60.0 Å². The standard InChI is InChI=1S/C25H26N4O2S/c30-24(20-9-13-32-17-20)28-11-7-19(8-12-28)18-3-5-22(6-4-18)29(23-2-1-10-26-16-23)25(31)21-14-27-15-21/h1-6,9-10,13,16-17,19,21,27H,7-8,11-12,14-15H2. The summed E-state index contributed by atoms with van der Waals surface area (Å²) in [5.41, 5.74) is 3.71. The van der Waals surface area contributed by atoms with Gasteiger partial charge in [0.15, 0.2) is 0 Å². The number of pyridine rings is 1. The molecule has 3 aromatic rings. The van der Waals surface area contributed by atoms with Gasteiger partial charge in [0.25, 0.3) is 5.91 Å². The van der Waals surface area contributed by atoms with E-state index < -0.39 is 0 Å². The molecule has 0 radical (unpaired) electrons. The lowest BCUT2D eigenvalue weighted by Crippen LogP contribution is -2.51. The van der Waals surface area contributed by atoms with Gasteiger partial charge >= 0.3 is 0 Å². The number of carbonyl (C=O) groups is 2. The van der Waals surface area contributed by atoms with Crippen LogP contribution in [0.15, 0.2) is 65.6 Å². The van der Waals surface area contributed by atoms with E-state index in [2.05, 4.69) is 22.4 Å². The van der Waals surface area contributed by atoms with Gasteiger partial charge in [0.2, 0.25) is 5.91 Å². The molecule has 164 valence electrons. The van der Waals surface area contributed by atoms with Crippen molar-refractivity contribution in [3.8, 4) is 0 Å². The van der Waals surface area contributed by atoms with E-state index in [0.717, 1.165) is 56.0 Å². The van der Waals surface area contributed by atoms with Crippen molar-refractivity contribution in [3.05, 3.63) is 76.7 Å². The van der Waals surface area contributed by atoms with Crippen LogP contribution in [0.3, 0.4) is 0 Å². The number of likely N-dealkylation sites (tertiary alicyclic amines) is 1. The van der Waals surface area contributed by atoms with Crippen LogP contribution in [0.4, 0.5) is 11.4 Å². The van der Waals surface area contributed by atoms with Crippen LogP contribution < -0.4 is 10.2 Å². The van der Waals surface area contributed by atoms with Gasteiger partial charge in [-0.2, -0.15) is 11.3 Å². The van der Waals surface area contributed by atoms with Gasteiger partial charge in [-0.15, -0.1) is 0 Å². The maximum Gasteiger partial charge on any atom is 0.254 e. The minimum atomic E-state index is -0.0000239. The number of piperidine rings is 1. The molecule has 2 aliphatic heterocycles. The maximum absolute atomic E-state index is 13.1. The number of hydrogen-bond donors (Lipinski definition) is 1. The number of hydrogen-bond acceptors (Lipinski definition) is 5. The van der Waals surface area contributed by atoms with Crippen LogP contribution in [0.25, 0.3) is 0 Å². The van der Waals surface area contributed by atoms with Gasteiger partial charge in [-0.1, -0.05) is 12.1 Å². The highest BCUT2D eigenvalue weighted by Gasteiger charge is 2.31. The smallest absolute Gasteiger partial charge is 0.254 e. The average Bonchev–Trinajstić information content (AvgIpc) is 3.34. The van der Waals surface area contributed by atoms with Crippen LogP contribution in [-0.2, 0) is 4.79 Å². The first-order chi connectivity index (χ1) is 15.7. The minimum absolute atomic E-state index is 0.0000239. The fraction of sp³-hybridized carbons (Fsp3) is 0.320. The Bertz CT molecular complexity index is 1060. The normalized spacial score (nSPS) is 17.1. The Labute approximate surface area is 191 Å². The number of amides is 2.